The minimum atomic E-state index is -2.73. The summed E-state index contributed by atoms with van der Waals surface area (Å²) < 4.78 is 35.7. The first-order valence-corrected chi connectivity index (χ1v) is 3.21. The van der Waals surface area contributed by atoms with Crippen molar-refractivity contribution in [3.05, 3.63) is 33.7 Å². The van der Waals surface area contributed by atoms with E-state index in [-0.39, 0.29) is 5.56 Å². The smallest absolute Gasteiger partial charge is 0.278 e. The van der Waals surface area contributed by atoms with E-state index in [0.29, 0.717) is 0 Å². The molecule has 0 saturated heterocycles. The van der Waals surface area contributed by atoms with Crippen molar-refractivity contribution in [3.63, 3.8) is 0 Å². The van der Waals surface area contributed by atoms with Crippen LogP contribution in [0.2, 0.25) is 0 Å². The molecule has 1 aromatic heterocycles. The highest BCUT2D eigenvalue weighted by Gasteiger charge is 2.08. The molecule has 0 atom stereocenters. The Bertz CT molecular complexity index is 321. The Morgan fingerprint density at radius 1 is 1.42 bits per heavy atom. The lowest BCUT2D eigenvalue weighted by Crippen LogP contribution is -2.13. The maximum Gasteiger partial charge on any atom is 0.278 e. The van der Waals surface area contributed by atoms with Crippen molar-refractivity contribution in [2.45, 2.75) is 13.1 Å². The number of pyridine rings is 1. The van der Waals surface area contributed by atoms with Gasteiger partial charge >= 0.3 is 0 Å². The first kappa shape index (κ1) is 8.83. The monoisotopic (exact) mass is 177 g/mol. The summed E-state index contributed by atoms with van der Waals surface area (Å²) in [7, 11) is 0. The summed E-state index contributed by atoms with van der Waals surface area (Å²) >= 11 is 0. The fourth-order valence-corrected chi connectivity index (χ4v) is 0.752. The van der Waals surface area contributed by atoms with Gasteiger partial charge < -0.3 is 4.98 Å². The van der Waals surface area contributed by atoms with Crippen molar-refractivity contribution in [1.82, 2.24) is 4.98 Å². The lowest BCUT2D eigenvalue weighted by Gasteiger charge is -1.99. The quantitative estimate of drug-likeness (QED) is 0.733. The fourth-order valence-electron chi connectivity index (χ4n) is 0.752. The van der Waals surface area contributed by atoms with Crippen LogP contribution in [0.1, 0.15) is 17.7 Å². The minimum Gasteiger partial charge on any atom is -0.321 e. The van der Waals surface area contributed by atoms with Gasteiger partial charge in [0.25, 0.3) is 12.0 Å². The summed E-state index contributed by atoms with van der Waals surface area (Å²) in [6.07, 6.45) is -2.73. The number of aromatic nitrogens is 1. The van der Waals surface area contributed by atoms with Crippen molar-refractivity contribution in [1.29, 1.82) is 0 Å². The maximum atomic E-state index is 11.9. The van der Waals surface area contributed by atoms with E-state index in [0.717, 1.165) is 12.1 Å². The van der Waals surface area contributed by atoms with Crippen LogP contribution in [0.4, 0.5) is 13.2 Å². The summed E-state index contributed by atoms with van der Waals surface area (Å²) in [6, 6.07) is 2.06. The third kappa shape index (κ3) is 1.66. The van der Waals surface area contributed by atoms with E-state index in [4.69, 9.17) is 0 Å². The summed E-state index contributed by atoms with van der Waals surface area (Å²) in [4.78, 5) is 12.6. The highest BCUT2D eigenvalue weighted by atomic mass is 19.3. The van der Waals surface area contributed by atoms with Crippen LogP contribution in [-0.4, -0.2) is 4.98 Å². The van der Waals surface area contributed by atoms with E-state index >= 15 is 0 Å². The first-order chi connectivity index (χ1) is 5.65. The Morgan fingerprint density at radius 2 is 2.08 bits per heavy atom. The average Bonchev–Trinajstić information content (AvgIpc) is 2.04. The zero-order valence-corrected chi connectivity index (χ0v) is 5.98. The summed E-state index contributed by atoms with van der Waals surface area (Å²) in [6.45, 7) is -0.946. The maximum absolute atomic E-state index is 11.9. The summed E-state index contributed by atoms with van der Waals surface area (Å²) in [5.74, 6) is 0. The Balaban J connectivity index is 3.11. The highest BCUT2D eigenvalue weighted by Crippen LogP contribution is 2.14. The number of nitrogens with one attached hydrogen (secondary N) is 1. The molecule has 1 aromatic rings. The van der Waals surface area contributed by atoms with Crippen LogP contribution in [0.25, 0.3) is 0 Å². The molecule has 1 rings (SSSR count). The first-order valence-electron chi connectivity index (χ1n) is 3.21. The van der Waals surface area contributed by atoms with E-state index in [1.165, 1.54) is 0 Å². The highest BCUT2D eigenvalue weighted by molar-refractivity contribution is 5.14. The molecule has 0 radical (unpaired) electrons. The summed E-state index contributed by atoms with van der Waals surface area (Å²) in [5.41, 5.74) is -1.42. The van der Waals surface area contributed by atoms with Gasteiger partial charge in [-0.2, -0.15) is 0 Å². The number of alkyl halides is 3. The topological polar surface area (TPSA) is 32.9 Å². The number of rotatable bonds is 2. The second kappa shape index (κ2) is 3.42. The molecule has 0 aromatic carbocycles. The molecule has 0 unspecified atom stereocenters. The van der Waals surface area contributed by atoms with E-state index in [1.54, 1.807) is 0 Å². The Morgan fingerprint density at radius 3 is 2.50 bits per heavy atom. The Labute approximate surface area is 66.0 Å². The molecule has 0 spiro atoms. The molecule has 2 nitrogen and oxygen atoms in total. The van der Waals surface area contributed by atoms with Crippen LogP contribution in [0.15, 0.2) is 16.9 Å². The zero-order valence-electron chi connectivity index (χ0n) is 5.98. The fraction of sp³-hybridized carbons (Fsp3) is 0.286. The van der Waals surface area contributed by atoms with Crippen LogP contribution in [0, 0.1) is 0 Å². The molecular weight excluding hydrogens is 171 g/mol. The molecule has 66 valence electrons. The van der Waals surface area contributed by atoms with E-state index in [9.17, 15) is 18.0 Å². The van der Waals surface area contributed by atoms with Crippen LogP contribution >= 0.6 is 0 Å². The normalized spacial score (nSPS) is 10.7. The van der Waals surface area contributed by atoms with Gasteiger partial charge in [-0.05, 0) is 12.1 Å². The predicted molar refractivity (Wildman–Crippen MR) is 36.8 cm³/mol. The number of aromatic amines is 1. The Hall–Kier alpha value is -1.26. The van der Waals surface area contributed by atoms with Crippen molar-refractivity contribution >= 4 is 0 Å². The van der Waals surface area contributed by atoms with E-state index in [1.807, 2.05) is 4.98 Å². The van der Waals surface area contributed by atoms with Gasteiger partial charge in [0.1, 0.15) is 6.67 Å². The third-order valence-electron chi connectivity index (χ3n) is 1.39. The van der Waals surface area contributed by atoms with Gasteiger partial charge in [-0.25, -0.2) is 13.2 Å². The van der Waals surface area contributed by atoms with Gasteiger partial charge in [-0.15, -0.1) is 0 Å². The van der Waals surface area contributed by atoms with Crippen molar-refractivity contribution < 1.29 is 13.2 Å². The molecule has 0 amide bonds. The van der Waals surface area contributed by atoms with Gasteiger partial charge in [0, 0.05) is 5.56 Å². The average molecular weight is 177 g/mol. The molecule has 0 aliphatic heterocycles. The molecule has 5 heteroatoms. The number of H-pyrrole nitrogens is 1. The second-order valence-corrected chi connectivity index (χ2v) is 2.20. The van der Waals surface area contributed by atoms with Crippen LogP contribution < -0.4 is 5.56 Å². The van der Waals surface area contributed by atoms with Crippen molar-refractivity contribution in [2.75, 3.05) is 0 Å². The third-order valence-corrected chi connectivity index (χ3v) is 1.39. The van der Waals surface area contributed by atoms with Gasteiger partial charge in [0.05, 0.1) is 5.69 Å². The van der Waals surface area contributed by atoms with Gasteiger partial charge in [-0.3, -0.25) is 4.79 Å². The molecule has 0 bridgehead atoms. The molecule has 0 fully saturated rings. The Kier molecular flexibility index (Phi) is 2.52. The standard InChI is InChI=1S/C7H6F3NO/c8-3-4-1-2-5(6(9)10)11-7(4)12/h1-2,6H,3H2,(H,11,12). The molecular formula is C7H6F3NO. The van der Waals surface area contributed by atoms with Crippen LogP contribution in [0.3, 0.4) is 0 Å². The largest absolute Gasteiger partial charge is 0.321 e. The van der Waals surface area contributed by atoms with Crippen molar-refractivity contribution in [3.8, 4) is 0 Å². The molecule has 1 heterocycles. The van der Waals surface area contributed by atoms with Crippen LogP contribution in [-0.2, 0) is 6.67 Å². The van der Waals surface area contributed by atoms with E-state index < -0.39 is 24.4 Å². The molecule has 1 N–H and O–H groups in total. The molecule has 0 aliphatic carbocycles. The second-order valence-electron chi connectivity index (χ2n) is 2.20. The van der Waals surface area contributed by atoms with Gasteiger partial charge in [0.2, 0.25) is 0 Å². The number of hydrogen-bond acceptors (Lipinski definition) is 1. The number of halogens is 3. The predicted octanol–water partition coefficient (Wildman–Crippen LogP) is 1.78. The molecule has 0 aliphatic rings. The lowest BCUT2D eigenvalue weighted by molar-refractivity contribution is 0.145. The zero-order chi connectivity index (χ0) is 9.14. The van der Waals surface area contributed by atoms with Gasteiger partial charge in [-0.1, -0.05) is 0 Å². The SMILES string of the molecule is O=c1[nH]c(C(F)F)ccc1CF. The van der Waals surface area contributed by atoms with Crippen molar-refractivity contribution in [2.24, 2.45) is 0 Å². The summed E-state index contributed by atoms with van der Waals surface area (Å²) in [5, 5.41) is 0. The number of hydrogen-bond donors (Lipinski definition) is 1. The van der Waals surface area contributed by atoms with E-state index in [2.05, 4.69) is 0 Å². The van der Waals surface area contributed by atoms with Gasteiger partial charge in [0.15, 0.2) is 0 Å². The lowest BCUT2D eigenvalue weighted by atomic mass is 10.2. The minimum absolute atomic E-state index is 0.139. The molecule has 0 saturated carbocycles. The van der Waals surface area contributed by atoms with Crippen LogP contribution in [0.5, 0.6) is 0 Å². The molecule has 12 heavy (non-hydrogen) atoms.